The lowest BCUT2D eigenvalue weighted by Crippen LogP contribution is -2.35. The van der Waals surface area contributed by atoms with Crippen molar-refractivity contribution in [3.05, 3.63) is 12.7 Å². The number of ether oxygens (including phenoxy) is 1. The average molecular weight is 322 g/mol. The van der Waals surface area contributed by atoms with E-state index < -0.39 is 11.8 Å². The van der Waals surface area contributed by atoms with Crippen molar-refractivity contribution in [2.45, 2.75) is 25.2 Å². The minimum absolute atomic E-state index is 0.121. The molecule has 0 amide bonds. The second-order valence-electron chi connectivity index (χ2n) is 5.27. The fourth-order valence-corrected chi connectivity index (χ4v) is 2.99. The maximum Gasteiger partial charge on any atom is 0.167 e. The molecule has 3 rings (SSSR count). The first-order chi connectivity index (χ1) is 10.6. The summed E-state index contributed by atoms with van der Waals surface area (Å²) in [6.45, 7) is 1.60. The van der Waals surface area contributed by atoms with Crippen molar-refractivity contribution in [3.8, 4) is 11.8 Å². The SMILES string of the molecule is CC#C[C@H]1C[C@](CO)(CCl)O[C@H]1n1cnc2c(N)ncnc21. The monoisotopic (exact) mass is 321 g/mol. The van der Waals surface area contributed by atoms with E-state index in [1.165, 1.54) is 6.33 Å². The first-order valence-electron chi connectivity index (χ1n) is 6.84. The molecule has 0 unspecified atom stereocenters. The molecule has 3 heterocycles. The Morgan fingerprint density at radius 2 is 2.36 bits per heavy atom. The molecule has 0 spiro atoms. The third kappa shape index (κ3) is 2.29. The van der Waals surface area contributed by atoms with E-state index in [1.54, 1.807) is 17.8 Å². The summed E-state index contributed by atoms with van der Waals surface area (Å²) in [5.41, 5.74) is 6.09. The van der Waals surface area contributed by atoms with Crippen molar-refractivity contribution < 1.29 is 9.84 Å². The Morgan fingerprint density at radius 3 is 3.05 bits per heavy atom. The minimum Gasteiger partial charge on any atom is -0.393 e. The van der Waals surface area contributed by atoms with Gasteiger partial charge in [0, 0.05) is 0 Å². The Labute approximate surface area is 132 Å². The maximum atomic E-state index is 9.65. The topological polar surface area (TPSA) is 99.1 Å². The summed E-state index contributed by atoms with van der Waals surface area (Å²) in [7, 11) is 0. The van der Waals surface area contributed by atoms with Gasteiger partial charge in [-0.25, -0.2) is 15.0 Å². The minimum atomic E-state index is -0.810. The Morgan fingerprint density at radius 1 is 1.55 bits per heavy atom. The molecule has 22 heavy (non-hydrogen) atoms. The number of fused-ring (bicyclic) bond motifs is 1. The predicted molar refractivity (Wildman–Crippen MR) is 82.0 cm³/mol. The van der Waals surface area contributed by atoms with Gasteiger partial charge in [-0.2, -0.15) is 0 Å². The standard InChI is InChI=1S/C14H16ClN5O2/c1-2-3-9-4-14(5-15,6-21)22-13(9)20-8-19-10-11(16)17-7-18-12(10)20/h7-9,13,21H,4-6H2,1H3,(H2,16,17,18)/t9-,13+,14+/m0/s1. The summed E-state index contributed by atoms with van der Waals surface area (Å²) in [5.74, 6) is 6.39. The van der Waals surface area contributed by atoms with Crippen LogP contribution in [0.25, 0.3) is 11.2 Å². The van der Waals surface area contributed by atoms with Crippen LogP contribution in [0.3, 0.4) is 0 Å². The van der Waals surface area contributed by atoms with E-state index in [2.05, 4.69) is 26.8 Å². The number of aliphatic hydroxyl groups is 1. The summed E-state index contributed by atoms with van der Waals surface area (Å²) in [6, 6.07) is 0. The molecule has 0 bridgehead atoms. The van der Waals surface area contributed by atoms with Gasteiger partial charge < -0.3 is 15.6 Å². The Kier molecular flexibility index (Phi) is 3.91. The van der Waals surface area contributed by atoms with Gasteiger partial charge in [0.2, 0.25) is 0 Å². The van der Waals surface area contributed by atoms with E-state index >= 15 is 0 Å². The molecule has 2 aromatic heterocycles. The Bertz CT molecular complexity index is 747. The van der Waals surface area contributed by atoms with E-state index in [9.17, 15) is 5.11 Å². The lowest BCUT2D eigenvalue weighted by molar-refractivity contribution is -0.0861. The Hall–Kier alpha value is -1.88. The zero-order valence-electron chi connectivity index (χ0n) is 12.0. The molecule has 3 N–H and O–H groups in total. The number of hydrogen-bond acceptors (Lipinski definition) is 6. The molecule has 8 heteroatoms. The predicted octanol–water partition coefficient (Wildman–Crippen LogP) is 0.937. The van der Waals surface area contributed by atoms with Crippen molar-refractivity contribution in [1.82, 2.24) is 19.5 Å². The molecule has 1 fully saturated rings. The van der Waals surface area contributed by atoms with Crippen LogP contribution in [0.2, 0.25) is 0 Å². The van der Waals surface area contributed by atoms with Crippen LogP contribution in [0.15, 0.2) is 12.7 Å². The van der Waals surface area contributed by atoms with E-state index in [1.807, 2.05) is 0 Å². The van der Waals surface area contributed by atoms with Gasteiger partial charge in [-0.1, -0.05) is 5.92 Å². The van der Waals surface area contributed by atoms with Crippen LogP contribution in [0.1, 0.15) is 19.6 Å². The first kappa shape index (κ1) is 15.0. The Balaban J connectivity index is 2.07. The summed E-state index contributed by atoms with van der Waals surface area (Å²) in [5, 5.41) is 9.65. The number of rotatable bonds is 3. The average Bonchev–Trinajstić information content (AvgIpc) is 3.10. The van der Waals surface area contributed by atoms with Crippen molar-refractivity contribution in [3.63, 3.8) is 0 Å². The number of nitrogens with zero attached hydrogens (tertiary/aromatic N) is 4. The van der Waals surface area contributed by atoms with Crippen LogP contribution < -0.4 is 5.73 Å². The number of nitrogen functional groups attached to an aromatic ring is 1. The number of imidazole rings is 1. The second kappa shape index (κ2) is 5.72. The zero-order chi connectivity index (χ0) is 15.7. The van der Waals surface area contributed by atoms with Crippen molar-refractivity contribution in [2.75, 3.05) is 18.2 Å². The molecule has 0 saturated carbocycles. The number of halogens is 1. The van der Waals surface area contributed by atoms with Crippen molar-refractivity contribution >= 4 is 28.6 Å². The van der Waals surface area contributed by atoms with Gasteiger partial charge in [0.15, 0.2) is 17.7 Å². The van der Waals surface area contributed by atoms with E-state index in [4.69, 9.17) is 22.1 Å². The maximum absolute atomic E-state index is 9.65. The summed E-state index contributed by atoms with van der Waals surface area (Å²) < 4.78 is 7.81. The number of hydrogen-bond donors (Lipinski definition) is 2. The molecule has 2 aromatic rings. The smallest absolute Gasteiger partial charge is 0.167 e. The molecule has 0 aliphatic carbocycles. The zero-order valence-corrected chi connectivity index (χ0v) is 12.8. The number of aliphatic hydroxyl groups excluding tert-OH is 1. The molecule has 116 valence electrons. The molecular formula is C14H16ClN5O2. The lowest BCUT2D eigenvalue weighted by atomic mass is 9.95. The second-order valence-corrected chi connectivity index (χ2v) is 5.54. The van der Waals surface area contributed by atoms with Gasteiger partial charge in [-0.3, -0.25) is 4.57 Å². The highest BCUT2D eigenvalue weighted by Crippen LogP contribution is 2.42. The lowest BCUT2D eigenvalue weighted by Gasteiger charge is -2.24. The highest BCUT2D eigenvalue weighted by Gasteiger charge is 2.46. The first-order valence-corrected chi connectivity index (χ1v) is 7.37. The van der Waals surface area contributed by atoms with E-state index in [-0.39, 0.29) is 18.4 Å². The van der Waals surface area contributed by atoms with Gasteiger partial charge in [-0.05, 0) is 13.3 Å². The fraction of sp³-hybridized carbons (Fsp3) is 0.500. The number of aromatic nitrogens is 4. The van der Waals surface area contributed by atoms with Gasteiger partial charge in [0.05, 0.1) is 24.7 Å². The molecule has 1 saturated heterocycles. The number of anilines is 1. The summed E-state index contributed by atoms with van der Waals surface area (Å²) >= 11 is 6.00. The summed E-state index contributed by atoms with van der Waals surface area (Å²) in [6.07, 6.45) is 3.09. The van der Waals surface area contributed by atoms with Crippen molar-refractivity contribution in [1.29, 1.82) is 0 Å². The van der Waals surface area contributed by atoms with Crippen LogP contribution >= 0.6 is 11.6 Å². The van der Waals surface area contributed by atoms with Gasteiger partial charge in [0.25, 0.3) is 0 Å². The highest BCUT2D eigenvalue weighted by atomic mass is 35.5. The normalized spacial score (nSPS) is 27.8. The van der Waals surface area contributed by atoms with Gasteiger partial charge in [-0.15, -0.1) is 17.5 Å². The molecule has 0 aromatic carbocycles. The largest absolute Gasteiger partial charge is 0.393 e. The fourth-order valence-electron chi connectivity index (χ4n) is 2.73. The molecule has 7 nitrogen and oxygen atoms in total. The van der Waals surface area contributed by atoms with Gasteiger partial charge in [0.1, 0.15) is 17.4 Å². The molecule has 1 aliphatic heterocycles. The molecule has 3 atom stereocenters. The molecular weight excluding hydrogens is 306 g/mol. The number of alkyl halides is 1. The van der Waals surface area contributed by atoms with E-state index in [0.29, 0.717) is 23.4 Å². The molecule has 1 aliphatic rings. The van der Waals surface area contributed by atoms with Crippen LogP contribution in [0.4, 0.5) is 5.82 Å². The van der Waals surface area contributed by atoms with Crippen molar-refractivity contribution in [2.24, 2.45) is 5.92 Å². The molecule has 0 radical (unpaired) electrons. The quantitative estimate of drug-likeness (QED) is 0.644. The van der Waals surface area contributed by atoms with Crippen LogP contribution in [0, 0.1) is 17.8 Å². The van der Waals surface area contributed by atoms with Crippen LogP contribution in [-0.4, -0.2) is 42.7 Å². The third-order valence-corrected chi connectivity index (χ3v) is 4.32. The van der Waals surface area contributed by atoms with Gasteiger partial charge >= 0.3 is 0 Å². The highest BCUT2D eigenvalue weighted by molar-refractivity contribution is 6.18. The van der Waals surface area contributed by atoms with Crippen LogP contribution in [0.5, 0.6) is 0 Å². The number of nitrogens with two attached hydrogens (primary N) is 1. The third-order valence-electron chi connectivity index (χ3n) is 3.83. The van der Waals surface area contributed by atoms with E-state index in [0.717, 1.165) is 0 Å². The van der Waals surface area contributed by atoms with Crippen LogP contribution in [-0.2, 0) is 4.74 Å². The summed E-state index contributed by atoms with van der Waals surface area (Å²) in [4.78, 5) is 12.4.